The molecule has 0 aliphatic carbocycles. The van der Waals surface area contributed by atoms with E-state index in [4.69, 9.17) is 5.73 Å². The molecule has 0 amide bonds. The SMILES string of the molecule is C=CC=N/C(=C\C)CN.CC. The third-order valence-electron chi connectivity index (χ3n) is 0.888. The van der Waals surface area contributed by atoms with E-state index in [1.54, 1.807) is 12.3 Å². The molecule has 0 rings (SSSR count). The van der Waals surface area contributed by atoms with Gasteiger partial charge in [0.2, 0.25) is 0 Å². The Labute approximate surface area is 69.5 Å². The lowest BCUT2D eigenvalue weighted by molar-refractivity contribution is 1.10. The third kappa shape index (κ3) is 9.11. The van der Waals surface area contributed by atoms with Gasteiger partial charge < -0.3 is 5.73 Å². The Bertz CT molecular complexity index is 134. The fourth-order valence-corrected chi connectivity index (χ4v) is 0.394. The van der Waals surface area contributed by atoms with Crippen molar-refractivity contribution in [3.05, 3.63) is 24.4 Å². The van der Waals surface area contributed by atoms with Crippen molar-refractivity contribution < 1.29 is 0 Å². The molecule has 0 spiro atoms. The Morgan fingerprint density at radius 1 is 1.55 bits per heavy atom. The number of hydrogen-bond acceptors (Lipinski definition) is 2. The third-order valence-corrected chi connectivity index (χ3v) is 0.888. The normalized spacial score (nSPS) is 10.7. The Hall–Kier alpha value is -0.890. The molecule has 2 N–H and O–H groups in total. The van der Waals surface area contributed by atoms with Gasteiger partial charge in [-0.05, 0) is 6.92 Å². The molecule has 0 atom stereocenters. The van der Waals surface area contributed by atoms with Gasteiger partial charge in [-0.3, -0.25) is 4.99 Å². The molecule has 0 unspecified atom stereocenters. The Morgan fingerprint density at radius 2 is 2.09 bits per heavy atom. The molecule has 2 heteroatoms. The van der Waals surface area contributed by atoms with Gasteiger partial charge in [-0.15, -0.1) is 0 Å². The summed E-state index contributed by atoms with van der Waals surface area (Å²) in [5.41, 5.74) is 6.19. The van der Waals surface area contributed by atoms with E-state index < -0.39 is 0 Å². The lowest BCUT2D eigenvalue weighted by Gasteiger charge is -1.90. The molecule has 0 aliphatic rings. The van der Waals surface area contributed by atoms with E-state index in [1.165, 1.54) is 0 Å². The second-order valence-electron chi connectivity index (χ2n) is 1.50. The quantitative estimate of drug-likeness (QED) is 0.621. The number of allylic oxidation sites excluding steroid dienone is 2. The highest BCUT2D eigenvalue weighted by molar-refractivity contribution is 5.71. The van der Waals surface area contributed by atoms with E-state index in [0.717, 1.165) is 5.70 Å². The monoisotopic (exact) mass is 154 g/mol. The van der Waals surface area contributed by atoms with Crippen LogP contribution in [0, 0.1) is 0 Å². The highest BCUT2D eigenvalue weighted by Gasteiger charge is 1.81. The second kappa shape index (κ2) is 11.9. The molecule has 0 bridgehead atoms. The summed E-state index contributed by atoms with van der Waals surface area (Å²) < 4.78 is 0. The van der Waals surface area contributed by atoms with Crippen LogP contribution >= 0.6 is 0 Å². The fraction of sp³-hybridized carbons (Fsp3) is 0.444. The lowest BCUT2D eigenvalue weighted by atomic mass is 10.4. The molecule has 0 aliphatic heterocycles. The van der Waals surface area contributed by atoms with Crippen LogP contribution < -0.4 is 5.73 Å². The molecule has 0 aromatic heterocycles. The maximum atomic E-state index is 5.31. The molecular formula is C9H18N2. The molecule has 0 saturated carbocycles. The molecule has 0 aromatic carbocycles. The lowest BCUT2D eigenvalue weighted by Crippen LogP contribution is -2.00. The van der Waals surface area contributed by atoms with E-state index in [-0.39, 0.29) is 0 Å². The van der Waals surface area contributed by atoms with Gasteiger partial charge in [0.25, 0.3) is 0 Å². The number of aliphatic imine (C=N–C) groups is 1. The van der Waals surface area contributed by atoms with Crippen molar-refractivity contribution in [2.75, 3.05) is 6.54 Å². The van der Waals surface area contributed by atoms with E-state index >= 15 is 0 Å². The predicted octanol–water partition coefficient (Wildman–Crippen LogP) is 2.13. The van der Waals surface area contributed by atoms with Crippen LogP contribution in [0.1, 0.15) is 20.8 Å². The van der Waals surface area contributed by atoms with Gasteiger partial charge >= 0.3 is 0 Å². The van der Waals surface area contributed by atoms with Gasteiger partial charge in [0.15, 0.2) is 0 Å². The molecular weight excluding hydrogens is 136 g/mol. The van der Waals surface area contributed by atoms with Crippen molar-refractivity contribution in [2.24, 2.45) is 10.7 Å². The second-order valence-corrected chi connectivity index (χ2v) is 1.50. The first kappa shape index (κ1) is 12.8. The summed E-state index contributed by atoms with van der Waals surface area (Å²) in [5.74, 6) is 0. The van der Waals surface area contributed by atoms with Crippen LogP contribution in [0.4, 0.5) is 0 Å². The van der Waals surface area contributed by atoms with Crippen molar-refractivity contribution in [3.8, 4) is 0 Å². The fourth-order valence-electron chi connectivity index (χ4n) is 0.394. The molecule has 0 heterocycles. The summed E-state index contributed by atoms with van der Waals surface area (Å²) in [6.07, 6.45) is 5.13. The molecule has 11 heavy (non-hydrogen) atoms. The summed E-state index contributed by atoms with van der Waals surface area (Å²) in [5, 5.41) is 0. The summed E-state index contributed by atoms with van der Waals surface area (Å²) in [6.45, 7) is 9.88. The van der Waals surface area contributed by atoms with Gasteiger partial charge in [0.05, 0.1) is 0 Å². The van der Waals surface area contributed by atoms with Crippen LogP contribution in [-0.2, 0) is 0 Å². The Kier molecular flexibility index (Phi) is 13.7. The van der Waals surface area contributed by atoms with Gasteiger partial charge in [-0.1, -0.05) is 32.6 Å². The minimum absolute atomic E-state index is 0.487. The number of nitrogens with two attached hydrogens (primary N) is 1. The van der Waals surface area contributed by atoms with Gasteiger partial charge in [0, 0.05) is 18.5 Å². The van der Waals surface area contributed by atoms with Crippen LogP contribution in [0.2, 0.25) is 0 Å². The topological polar surface area (TPSA) is 38.4 Å². The van der Waals surface area contributed by atoms with Crippen molar-refractivity contribution in [1.29, 1.82) is 0 Å². The van der Waals surface area contributed by atoms with Gasteiger partial charge in [-0.2, -0.15) is 0 Å². The Morgan fingerprint density at radius 3 is 2.36 bits per heavy atom. The largest absolute Gasteiger partial charge is 0.325 e. The van der Waals surface area contributed by atoms with Crippen molar-refractivity contribution in [2.45, 2.75) is 20.8 Å². The average Bonchev–Trinajstić information content (AvgIpc) is 2.10. The summed E-state index contributed by atoms with van der Waals surface area (Å²) in [7, 11) is 0. The number of hydrogen-bond donors (Lipinski definition) is 1. The first-order chi connectivity index (χ1) is 5.35. The minimum Gasteiger partial charge on any atom is -0.325 e. The van der Waals surface area contributed by atoms with E-state index in [0.29, 0.717) is 6.54 Å². The number of rotatable bonds is 3. The number of nitrogens with zero attached hydrogens (tertiary/aromatic N) is 1. The molecule has 0 fully saturated rings. The van der Waals surface area contributed by atoms with E-state index in [2.05, 4.69) is 11.6 Å². The van der Waals surface area contributed by atoms with Crippen molar-refractivity contribution >= 4 is 6.21 Å². The zero-order valence-electron chi connectivity index (χ0n) is 7.67. The predicted molar refractivity (Wildman–Crippen MR) is 52.8 cm³/mol. The molecule has 2 nitrogen and oxygen atoms in total. The first-order valence-corrected chi connectivity index (χ1v) is 3.85. The molecule has 0 saturated heterocycles. The van der Waals surface area contributed by atoms with Crippen LogP contribution in [0.25, 0.3) is 0 Å². The summed E-state index contributed by atoms with van der Waals surface area (Å²) in [6, 6.07) is 0. The van der Waals surface area contributed by atoms with Crippen molar-refractivity contribution in [3.63, 3.8) is 0 Å². The van der Waals surface area contributed by atoms with Gasteiger partial charge in [0.1, 0.15) is 0 Å². The molecule has 0 aromatic rings. The van der Waals surface area contributed by atoms with Crippen LogP contribution in [0.5, 0.6) is 0 Å². The highest BCUT2D eigenvalue weighted by atomic mass is 14.8. The zero-order chi connectivity index (χ0) is 9.11. The zero-order valence-corrected chi connectivity index (χ0v) is 7.67. The van der Waals surface area contributed by atoms with E-state index in [1.807, 2.05) is 26.8 Å². The highest BCUT2D eigenvalue weighted by Crippen LogP contribution is 1.89. The molecule has 64 valence electrons. The maximum absolute atomic E-state index is 5.31. The average molecular weight is 154 g/mol. The minimum atomic E-state index is 0.487. The maximum Gasteiger partial charge on any atom is 0.0496 e. The van der Waals surface area contributed by atoms with E-state index in [9.17, 15) is 0 Å². The van der Waals surface area contributed by atoms with Crippen molar-refractivity contribution in [1.82, 2.24) is 0 Å². The van der Waals surface area contributed by atoms with Crippen LogP contribution in [-0.4, -0.2) is 12.8 Å². The Balaban J connectivity index is 0. The van der Waals surface area contributed by atoms with Gasteiger partial charge in [-0.25, -0.2) is 0 Å². The smallest absolute Gasteiger partial charge is 0.0496 e. The molecule has 0 radical (unpaired) electrons. The van der Waals surface area contributed by atoms with Crippen LogP contribution in [0.15, 0.2) is 29.4 Å². The summed E-state index contributed by atoms with van der Waals surface area (Å²) >= 11 is 0. The standard InChI is InChI=1S/C7H12N2.C2H6/c1-3-5-9-7(4-2)6-8;1-2/h3-5H,1,6,8H2,2H3;1-2H3/b7-4-,9-5?;. The van der Waals surface area contributed by atoms with Crippen LogP contribution in [0.3, 0.4) is 0 Å². The first-order valence-electron chi connectivity index (χ1n) is 3.85. The summed E-state index contributed by atoms with van der Waals surface area (Å²) in [4.78, 5) is 3.97.